The van der Waals surface area contributed by atoms with E-state index < -0.39 is 5.60 Å². The highest BCUT2D eigenvalue weighted by molar-refractivity contribution is 6.29. The molecular formula is C16H25ClN4O. The Morgan fingerprint density at radius 2 is 2.05 bits per heavy atom. The molecule has 6 heteroatoms. The molecule has 3 rings (SSSR count). The summed E-state index contributed by atoms with van der Waals surface area (Å²) >= 11 is 6.18. The fourth-order valence-corrected chi connectivity index (χ4v) is 3.34. The maximum absolute atomic E-state index is 9.99. The van der Waals surface area contributed by atoms with Crippen LogP contribution in [0.5, 0.6) is 0 Å². The van der Waals surface area contributed by atoms with Crippen LogP contribution in [0.2, 0.25) is 5.15 Å². The average molecular weight is 325 g/mol. The molecule has 1 atom stereocenters. The van der Waals surface area contributed by atoms with Gasteiger partial charge in [0.05, 0.1) is 5.60 Å². The molecule has 1 unspecified atom stereocenters. The molecule has 0 amide bonds. The minimum Gasteiger partial charge on any atom is -0.389 e. The van der Waals surface area contributed by atoms with Crippen LogP contribution in [-0.4, -0.2) is 57.8 Å². The molecule has 2 fully saturated rings. The van der Waals surface area contributed by atoms with Gasteiger partial charge in [-0.1, -0.05) is 11.6 Å². The molecule has 22 heavy (non-hydrogen) atoms. The van der Waals surface area contributed by atoms with E-state index in [1.807, 2.05) is 19.9 Å². The first-order chi connectivity index (χ1) is 10.3. The number of aliphatic hydroxyl groups is 1. The van der Waals surface area contributed by atoms with E-state index in [0.29, 0.717) is 23.7 Å². The van der Waals surface area contributed by atoms with Gasteiger partial charge >= 0.3 is 0 Å². The fraction of sp³-hybridized carbons (Fsp3) is 0.750. The number of halogens is 1. The molecule has 1 saturated heterocycles. The molecule has 1 N–H and O–H groups in total. The zero-order valence-electron chi connectivity index (χ0n) is 13.6. The molecule has 1 aromatic heterocycles. The Morgan fingerprint density at radius 1 is 1.32 bits per heavy atom. The van der Waals surface area contributed by atoms with Crippen molar-refractivity contribution in [3.05, 3.63) is 17.0 Å². The lowest BCUT2D eigenvalue weighted by atomic mass is 10.1. The molecule has 1 aliphatic carbocycles. The Bertz CT molecular complexity index is 541. The van der Waals surface area contributed by atoms with E-state index in [4.69, 9.17) is 16.6 Å². The van der Waals surface area contributed by atoms with Crippen molar-refractivity contribution in [2.24, 2.45) is 0 Å². The van der Waals surface area contributed by atoms with Gasteiger partial charge in [0.25, 0.3) is 0 Å². The lowest BCUT2D eigenvalue weighted by Crippen LogP contribution is -2.55. The van der Waals surface area contributed by atoms with Gasteiger partial charge in [0.2, 0.25) is 0 Å². The van der Waals surface area contributed by atoms with Gasteiger partial charge in [-0.05, 0) is 33.6 Å². The second-order valence-electron chi connectivity index (χ2n) is 7.27. The van der Waals surface area contributed by atoms with Gasteiger partial charge in [0.15, 0.2) is 0 Å². The van der Waals surface area contributed by atoms with Gasteiger partial charge in [0, 0.05) is 44.2 Å². The van der Waals surface area contributed by atoms with Crippen molar-refractivity contribution in [1.82, 2.24) is 14.9 Å². The molecule has 1 aliphatic heterocycles. The second-order valence-corrected chi connectivity index (χ2v) is 7.66. The average Bonchev–Trinajstić information content (AvgIpc) is 3.20. The third-order valence-corrected chi connectivity index (χ3v) is 4.45. The Kier molecular flexibility index (Phi) is 4.32. The Balaban J connectivity index is 1.71. The third-order valence-electron chi connectivity index (χ3n) is 4.26. The number of hydrogen-bond donors (Lipinski definition) is 1. The smallest absolute Gasteiger partial charge is 0.135 e. The molecule has 122 valence electrons. The summed E-state index contributed by atoms with van der Waals surface area (Å²) in [5.74, 6) is 2.34. The lowest BCUT2D eigenvalue weighted by molar-refractivity contribution is 0.0307. The molecule has 2 heterocycles. The van der Waals surface area contributed by atoms with E-state index in [1.54, 1.807) is 0 Å². The molecule has 2 aliphatic rings. The zero-order valence-corrected chi connectivity index (χ0v) is 14.3. The predicted molar refractivity (Wildman–Crippen MR) is 88.6 cm³/mol. The first-order valence-electron chi connectivity index (χ1n) is 8.08. The van der Waals surface area contributed by atoms with Gasteiger partial charge in [-0.25, -0.2) is 9.97 Å². The highest BCUT2D eigenvalue weighted by atomic mass is 35.5. The Hall–Kier alpha value is -0.910. The number of aromatic nitrogens is 2. The Morgan fingerprint density at radius 3 is 2.64 bits per heavy atom. The van der Waals surface area contributed by atoms with E-state index in [0.717, 1.165) is 31.3 Å². The van der Waals surface area contributed by atoms with Crippen LogP contribution in [-0.2, 0) is 0 Å². The van der Waals surface area contributed by atoms with Gasteiger partial charge in [0.1, 0.15) is 16.8 Å². The fourth-order valence-electron chi connectivity index (χ4n) is 3.16. The molecular weight excluding hydrogens is 300 g/mol. The van der Waals surface area contributed by atoms with E-state index in [2.05, 4.69) is 21.7 Å². The van der Waals surface area contributed by atoms with Crippen LogP contribution in [0.1, 0.15) is 45.4 Å². The van der Waals surface area contributed by atoms with Gasteiger partial charge in [-0.2, -0.15) is 0 Å². The van der Waals surface area contributed by atoms with Crippen molar-refractivity contribution in [1.29, 1.82) is 0 Å². The third kappa shape index (κ3) is 3.89. The van der Waals surface area contributed by atoms with Crippen LogP contribution in [0, 0.1) is 0 Å². The quantitative estimate of drug-likeness (QED) is 0.861. The maximum atomic E-state index is 9.99. The Labute approximate surface area is 137 Å². The summed E-state index contributed by atoms with van der Waals surface area (Å²) in [7, 11) is 0. The molecule has 1 aromatic rings. The summed E-state index contributed by atoms with van der Waals surface area (Å²) in [6, 6.07) is 2.21. The van der Waals surface area contributed by atoms with Crippen LogP contribution < -0.4 is 4.90 Å². The lowest BCUT2D eigenvalue weighted by Gasteiger charge is -2.42. The molecule has 5 nitrogen and oxygen atoms in total. The van der Waals surface area contributed by atoms with Crippen molar-refractivity contribution in [3.8, 4) is 0 Å². The maximum Gasteiger partial charge on any atom is 0.135 e. The van der Waals surface area contributed by atoms with Crippen LogP contribution in [0.4, 0.5) is 5.82 Å². The summed E-state index contributed by atoms with van der Waals surface area (Å²) in [5, 5.41) is 10.5. The summed E-state index contributed by atoms with van der Waals surface area (Å²) in [4.78, 5) is 13.7. The topological polar surface area (TPSA) is 52.5 Å². The number of anilines is 1. The minimum atomic E-state index is -0.654. The van der Waals surface area contributed by atoms with Crippen LogP contribution >= 0.6 is 11.6 Å². The summed E-state index contributed by atoms with van der Waals surface area (Å²) in [6.45, 7) is 9.35. The van der Waals surface area contributed by atoms with Crippen LogP contribution in [0.15, 0.2) is 6.07 Å². The highest BCUT2D eigenvalue weighted by Gasteiger charge is 2.31. The zero-order chi connectivity index (χ0) is 15.9. The van der Waals surface area contributed by atoms with Crippen molar-refractivity contribution >= 4 is 17.4 Å². The van der Waals surface area contributed by atoms with E-state index in [1.165, 1.54) is 12.8 Å². The molecule has 0 radical (unpaired) electrons. The standard InChI is InChI=1S/C16H25ClN4O/c1-11-9-20(10-16(2,3)22)6-7-21(11)14-8-13(17)18-15(19-14)12-4-5-12/h8,11-12,22H,4-7,9-10H2,1-3H3. The number of rotatable bonds is 4. The largest absolute Gasteiger partial charge is 0.389 e. The molecule has 0 spiro atoms. The van der Waals surface area contributed by atoms with Gasteiger partial charge < -0.3 is 10.0 Å². The summed E-state index contributed by atoms with van der Waals surface area (Å²) < 4.78 is 0. The highest BCUT2D eigenvalue weighted by Crippen LogP contribution is 2.39. The van der Waals surface area contributed by atoms with Crippen molar-refractivity contribution < 1.29 is 5.11 Å². The molecule has 1 saturated carbocycles. The van der Waals surface area contributed by atoms with Gasteiger partial charge in [-0.3, -0.25) is 4.90 Å². The van der Waals surface area contributed by atoms with E-state index in [-0.39, 0.29) is 0 Å². The van der Waals surface area contributed by atoms with Crippen LogP contribution in [0.3, 0.4) is 0 Å². The molecule has 0 aromatic carbocycles. The number of nitrogens with zero attached hydrogens (tertiary/aromatic N) is 4. The summed E-state index contributed by atoms with van der Waals surface area (Å²) in [6.07, 6.45) is 2.35. The minimum absolute atomic E-state index is 0.342. The van der Waals surface area contributed by atoms with Crippen LogP contribution in [0.25, 0.3) is 0 Å². The van der Waals surface area contributed by atoms with Gasteiger partial charge in [-0.15, -0.1) is 0 Å². The molecule has 0 bridgehead atoms. The second kappa shape index (κ2) is 5.95. The monoisotopic (exact) mass is 324 g/mol. The SMILES string of the molecule is CC1CN(CC(C)(C)O)CCN1c1cc(Cl)nc(C2CC2)n1. The summed E-state index contributed by atoms with van der Waals surface area (Å²) in [5.41, 5.74) is -0.654. The number of hydrogen-bond acceptors (Lipinski definition) is 5. The normalized spacial score (nSPS) is 23.9. The first kappa shape index (κ1) is 16.0. The van der Waals surface area contributed by atoms with E-state index >= 15 is 0 Å². The van der Waals surface area contributed by atoms with Crippen molar-refractivity contribution in [2.75, 3.05) is 31.1 Å². The predicted octanol–water partition coefficient (Wildman–Crippen LogP) is 2.29. The number of β-amino-alcohol motifs (C(OH)–C–C–N with tert-alkyl or cyclic N) is 1. The number of piperazine rings is 1. The van der Waals surface area contributed by atoms with Crippen molar-refractivity contribution in [2.45, 2.75) is 51.2 Å². The van der Waals surface area contributed by atoms with E-state index in [9.17, 15) is 5.11 Å². The van der Waals surface area contributed by atoms with Crippen molar-refractivity contribution in [3.63, 3.8) is 0 Å². The first-order valence-corrected chi connectivity index (χ1v) is 8.45.